The summed E-state index contributed by atoms with van der Waals surface area (Å²) in [7, 11) is 0. The molecule has 0 amide bonds. The van der Waals surface area contributed by atoms with Crippen molar-refractivity contribution < 1.29 is 9.53 Å². The molecule has 0 aliphatic heterocycles. The molecule has 1 unspecified atom stereocenters. The maximum atomic E-state index is 11.8. The number of carbonyl (C=O) groups excluding carboxylic acids is 1. The standard InChI is InChI=1S/C12H20N2O2/c1-5-7-11(12(15)16-6-2)14-10(4)8-9(3)13-14/h8,11H,5-7H2,1-4H3. The van der Waals surface area contributed by atoms with E-state index in [1.807, 2.05) is 26.8 Å². The van der Waals surface area contributed by atoms with E-state index in [1.165, 1.54) is 0 Å². The van der Waals surface area contributed by atoms with Gasteiger partial charge in [-0.2, -0.15) is 5.10 Å². The molecule has 0 aliphatic carbocycles. The van der Waals surface area contributed by atoms with Crippen molar-refractivity contribution in [3.8, 4) is 0 Å². The van der Waals surface area contributed by atoms with E-state index in [0.717, 1.165) is 24.2 Å². The third-order valence-corrected chi connectivity index (χ3v) is 2.46. The van der Waals surface area contributed by atoms with Crippen LogP contribution in [0.25, 0.3) is 0 Å². The molecule has 1 heterocycles. The Bertz CT molecular complexity index is 358. The summed E-state index contributed by atoms with van der Waals surface area (Å²) in [4.78, 5) is 11.8. The van der Waals surface area contributed by atoms with Gasteiger partial charge >= 0.3 is 5.97 Å². The zero-order valence-electron chi connectivity index (χ0n) is 10.5. The minimum Gasteiger partial charge on any atom is -0.464 e. The second kappa shape index (κ2) is 5.68. The van der Waals surface area contributed by atoms with E-state index in [0.29, 0.717) is 6.61 Å². The van der Waals surface area contributed by atoms with Crippen molar-refractivity contribution in [3.63, 3.8) is 0 Å². The molecular weight excluding hydrogens is 204 g/mol. The molecule has 0 N–H and O–H groups in total. The van der Waals surface area contributed by atoms with Gasteiger partial charge in [-0.25, -0.2) is 4.79 Å². The van der Waals surface area contributed by atoms with Gasteiger partial charge < -0.3 is 4.74 Å². The maximum Gasteiger partial charge on any atom is 0.330 e. The number of ether oxygens (including phenoxy) is 1. The van der Waals surface area contributed by atoms with Crippen LogP contribution in [0.5, 0.6) is 0 Å². The van der Waals surface area contributed by atoms with Crippen molar-refractivity contribution in [2.24, 2.45) is 0 Å². The number of aromatic nitrogens is 2. The highest BCUT2D eigenvalue weighted by atomic mass is 16.5. The molecule has 90 valence electrons. The van der Waals surface area contributed by atoms with Gasteiger partial charge in [0.15, 0.2) is 0 Å². The average Bonchev–Trinajstić information content (AvgIpc) is 2.54. The Hall–Kier alpha value is -1.32. The molecule has 0 bridgehead atoms. The summed E-state index contributed by atoms with van der Waals surface area (Å²) in [6.45, 7) is 8.18. The molecule has 4 heteroatoms. The third-order valence-electron chi connectivity index (χ3n) is 2.46. The number of aryl methyl sites for hydroxylation is 2. The Kier molecular flexibility index (Phi) is 4.52. The summed E-state index contributed by atoms with van der Waals surface area (Å²) in [5.74, 6) is -0.185. The number of rotatable bonds is 5. The fraction of sp³-hybridized carbons (Fsp3) is 0.667. The van der Waals surface area contributed by atoms with Crippen LogP contribution in [0.3, 0.4) is 0 Å². The van der Waals surface area contributed by atoms with Crippen molar-refractivity contribution in [1.29, 1.82) is 0 Å². The van der Waals surface area contributed by atoms with Crippen LogP contribution in [0, 0.1) is 13.8 Å². The first-order valence-corrected chi connectivity index (χ1v) is 5.79. The van der Waals surface area contributed by atoms with E-state index in [1.54, 1.807) is 4.68 Å². The van der Waals surface area contributed by atoms with Gasteiger partial charge in [-0.3, -0.25) is 4.68 Å². The molecule has 1 aromatic heterocycles. The molecule has 0 saturated heterocycles. The van der Waals surface area contributed by atoms with Crippen molar-refractivity contribution >= 4 is 5.97 Å². The molecule has 0 aromatic carbocycles. The number of nitrogens with zero attached hydrogens (tertiary/aromatic N) is 2. The molecule has 0 saturated carbocycles. The molecule has 0 aliphatic rings. The first-order valence-electron chi connectivity index (χ1n) is 5.79. The predicted molar refractivity (Wildman–Crippen MR) is 62.3 cm³/mol. The van der Waals surface area contributed by atoms with Gasteiger partial charge in [0.05, 0.1) is 12.3 Å². The van der Waals surface area contributed by atoms with E-state index in [9.17, 15) is 4.79 Å². The first-order chi connectivity index (χ1) is 7.60. The molecule has 0 fully saturated rings. The van der Waals surface area contributed by atoms with Gasteiger partial charge in [0.2, 0.25) is 0 Å². The summed E-state index contributed by atoms with van der Waals surface area (Å²) < 4.78 is 6.85. The fourth-order valence-corrected chi connectivity index (χ4v) is 1.81. The fourth-order valence-electron chi connectivity index (χ4n) is 1.81. The first kappa shape index (κ1) is 12.7. The number of hydrogen-bond donors (Lipinski definition) is 0. The normalized spacial score (nSPS) is 12.5. The Balaban J connectivity index is 2.92. The zero-order chi connectivity index (χ0) is 12.1. The van der Waals surface area contributed by atoms with Crippen LogP contribution in [0.1, 0.15) is 44.1 Å². The number of esters is 1. The molecular formula is C12H20N2O2. The van der Waals surface area contributed by atoms with E-state index in [-0.39, 0.29) is 12.0 Å². The van der Waals surface area contributed by atoms with Gasteiger partial charge in [0.25, 0.3) is 0 Å². The predicted octanol–water partition coefficient (Wildman–Crippen LogP) is 2.40. The average molecular weight is 224 g/mol. The summed E-state index contributed by atoms with van der Waals surface area (Å²) in [6, 6.07) is 1.70. The minimum absolute atomic E-state index is 0.185. The van der Waals surface area contributed by atoms with Crippen LogP contribution in [0.4, 0.5) is 0 Å². The van der Waals surface area contributed by atoms with E-state index >= 15 is 0 Å². The summed E-state index contributed by atoms with van der Waals surface area (Å²) >= 11 is 0. The van der Waals surface area contributed by atoms with Gasteiger partial charge in [-0.05, 0) is 33.3 Å². The highest BCUT2D eigenvalue weighted by Gasteiger charge is 2.23. The maximum absolute atomic E-state index is 11.8. The van der Waals surface area contributed by atoms with Crippen LogP contribution in [-0.4, -0.2) is 22.4 Å². The molecule has 1 atom stereocenters. The van der Waals surface area contributed by atoms with E-state index in [2.05, 4.69) is 12.0 Å². The van der Waals surface area contributed by atoms with E-state index < -0.39 is 0 Å². The number of carbonyl (C=O) groups is 1. The van der Waals surface area contributed by atoms with Crippen molar-refractivity contribution in [1.82, 2.24) is 9.78 Å². The Morgan fingerprint density at radius 1 is 1.50 bits per heavy atom. The second-order valence-electron chi connectivity index (χ2n) is 3.93. The quantitative estimate of drug-likeness (QED) is 0.721. The van der Waals surface area contributed by atoms with Crippen LogP contribution >= 0.6 is 0 Å². The largest absolute Gasteiger partial charge is 0.464 e. The second-order valence-corrected chi connectivity index (χ2v) is 3.93. The third kappa shape index (κ3) is 2.84. The summed E-state index contributed by atoms with van der Waals surface area (Å²) in [5, 5.41) is 4.35. The summed E-state index contributed by atoms with van der Waals surface area (Å²) in [5.41, 5.74) is 1.94. The van der Waals surface area contributed by atoms with Crippen LogP contribution in [-0.2, 0) is 9.53 Å². The highest BCUT2D eigenvalue weighted by molar-refractivity contribution is 5.74. The van der Waals surface area contributed by atoms with Crippen LogP contribution in [0.15, 0.2) is 6.07 Å². The van der Waals surface area contributed by atoms with Crippen molar-refractivity contribution in [2.75, 3.05) is 6.61 Å². The Labute approximate surface area is 96.6 Å². The lowest BCUT2D eigenvalue weighted by Crippen LogP contribution is -2.23. The van der Waals surface area contributed by atoms with Crippen LogP contribution in [0.2, 0.25) is 0 Å². The number of hydrogen-bond acceptors (Lipinski definition) is 3. The molecule has 4 nitrogen and oxygen atoms in total. The summed E-state index contributed by atoms with van der Waals surface area (Å²) in [6.07, 6.45) is 1.70. The smallest absolute Gasteiger partial charge is 0.330 e. The Morgan fingerprint density at radius 2 is 2.19 bits per heavy atom. The monoisotopic (exact) mass is 224 g/mol. The van der Waals surface area contributed by atoms with Gasteiger partial charge in [0, 0.05) is 5.69 Å². The lowest BCUT2D eigenvalue weighted by Gasteiger charge is -2.16. The van der Waals surface area contributed by atoms with Crippen molar-refractivity contribution in [3.05, 3.63) is 17.5 Å². The molecule has 0 radical (unpaired) electrons. The SMILES string of the molecule is CCCC(C(=O)OCC)n1nc(C)cc1C. The minimum atomic E-state index is -0.279. The lowest BCUT2D eigenvalue weighted by molar-refractivity contribution is -0.147. The molecule has 1 aromatic rings. The molecule has 16 heavy (non-hydrogen) atoms. The van der Waals surface area contributed by atoms with Gasteiger partial charge in [-0.1, -0.05) is 13.3 Å². The van der Waals surface area contributed by atoms with Gasteiger partial charge in [0.1, 0.15) is 6.04 Å². The lowest BCUT2D eigenvalue weighted by atomic mass is 10.1. The molecule has 0 spiro atoms. The van der Waals surface area contributed by atoms with Gasteiger partial charge in [-0.15, -0.1) is 0 Å². The van der Waals surface area contributed by atoms with Crippen LogP contribution < -0.4 is 0 Å². The topological polar surface area (TPSA) is 44.1 Å². The van der Waals surface area contributed by atoms with Crippen molar-refractivity contribution in [2.45, 2.75) is 46.6 Å². The molecule has 1 rings (SSSR count). The zero-order valence-corrected chi connectivity index (χ0v) is 10.5. The van der Waals surface area contributed by atoms with E-state index in [4.69, 9.17) is 4.74 Å². The Morgan fingerprint density at radius 3 is 2.62 bits per heavy atom. The highest BCUT2D eigenvalue weighted by Crippen LogP contribution is 2.18.